The number of rotatable bonds is 2. The van der Waals surface area contributed by atoms with Crippen LogP contribution in [0.4, 0.5) is 4.39 Å². The van der Waals surface area contributed by atoms with E-state index < -0.39 is 0 Å². The summed E-state index contributed by atoms with van der Waals surface area (Å²) < 4.78 is 13.2. The van der Waals surface area contributed by atoms with Crippen molar-refractivity contribution < 1.29 is 9.18 Å². The Morgan fingerprint density at radius 3 is 2.76 bits per heavy atom. The number of aromatic nitrogens is 1. The van der Waals surface area contributed by atoms with Crippen molar-refractivity contribution in [3.05, 3.63) is 51.7 Å². The molecule has 110 valence electrons. The molecule has 3 nitrogen and oxygen atoms in total. The third kappa shape index (κ3) is 3.13. The van der Waals surface area contributed by atoms with Crippen molar-refractivity contribution in [3.8, 4) is 0 Å². The monoisotopic (exact) mass is 304 g/mol. The van der Waals surface area contributed by atoms with Gasteiger partial charge in [0.25, 0.3) is 5.91 Å². The first-order chi connectivity index (χ1) is 10.1. The van der Waals surface area contributed by atoms with Gasteiger partial charge in [-0.3, -0.25) is 4.79 Å². The molecule has 0 aliphatic carbocycles. The van der Waals surface area contributed by atoms with Crippen LogP contribution < -0.4 is 0 Å². The van der Waals surface area contributed by atoms with Crippen LogP contribution in [0.2, 0.25) is 0 Å². The fourth-order valence-electron chi connectivity index (χ4n) is 2.69. The molecule has 2 aromatic rings. The fraction of sp³-hybridized carbons (Fsp3) is 0.375. The number of likely N-dealkylation sites (tertiary alicyclic amines) is 1. The maximum absolute atomic E-state index is 13.2. The molecule has 0 saturated carbocycles. The minimum absolute atomic E-state index is 0.0803. The number of aryl methyl sites for hydroxylation is 1. The summed E-state index contributed by atoms with van der Waals surface area (Å²) in [5, 5.41) is 3.24. The zero-order chi connectivity index (χ0) is 14.8. The minimum Gasteiger partial charge on any atom is -0.339 e. The van der Waals surface area contributed by atoms with Crippen LogP contribution in [-0.2, 0) is 0 Å². The van der Waals surface area contributed by atoms with E-state index in [1.54, 1.807) is 23.5 Å². The molecule has 2 heterocycles. The molecule has 1 aliphatic rings. The summed E-state index contributed by atoms with van der Waals surface area (Å²) in [6.07, 6.45) is 1.85. The van der Waals surface area contributed by atoms with Crippen molar-refractivity contribution in [3.63, 3.8) is 0 Å². The van der Waals surface area contributed by atoms with E-state index in [2.05, 4.69) is 10.4 Å². The van der Waals surface area contributed by atoms with Crippen LogP contribution in [0.15, 0.2) is 29.6 Å². The molecule has 1 aromatic carbocycles. The topological polar surface area (TPSA) is 33.2 Å². The number of nitrogens with zero attached hydrogens (tertiary/aromatic N) is 2. The molecule has 1 amide bonds. The molecule has 0 atom stereocenters. The normalized spacial score (nSPS) is 16.2. The Balaban J connectivity index is 1.64. The van der Waals surface area contributed by atoms with Gasteiger partial charge in [-0.05, 0) is 38.0 Å². The number of piperidine rings is 1. The first-order valence-corrected chi connectivity index (χ1v) is 7.98. The lowest BCUT2D eigenvalue weighted by Gasteiger charge is -2.31. The Kier molecular flexibility index (Phi) is 4.01. The van der Waals surface area contributed by atoms with Gasteiger partial charge in [0.15, 0.2) is 0 Å². The number of carbonyl (C=O) groups excluding carboxylic acids is 1. The van der Waals surface area contributed by atoms with Crippen molar-refractivity contribution >= 4 is 17.2 Å². The van der Waals surface area contributed by atoms with Crippen LogP contribution in [-0.4, -0.2) is 28.9 Å². The van der Waals surface area contributed by atoms with Gasteiger partial charge in [-0.25, -0.2) is 9.37 Å². The Morgan fingerprint density at radius 2 is 2.14 bits per heavy atom. The highest BCUT2D eigenvalue weighted by Gasteiger charge is 2.26. The van der Waals surface area contributed by atoms with Crippen LogP contribution in [0.3, 0.4) is 0 Å². The summed E-state index contributed by atoms with van der Waals surface area (Å²) in [5.41, 5.74) is 1.49. The van der Waals surface area contributed by atoms with Crippen LogP contribution >= 0.6 is 11.3 Å². The third-order valence-electron chi connectivity index (χ3n) is 3.84. The van der Waals surface area contributed by atoms with E-state index in [0.29, 0.717) is 24.6 Å². The molecule has 5 heteroatoms. The summed E-state index contributed by atoms with van der Waals surface area (Å²) >= 11 is 1.70. The van der Waals surface area contributed by atoms with Gasteiger partial charge in [-0.1, -0.05) is 6.07 Å². The lowest BCUT2D eigenvalue weighted by Crippen LogP contribution is -2.37. The van der Waals surface area contributed by atoms with Gasteiger partial charge < -0.3 is 4.90 Å². The molecular weight excluding hydrogens is 287 g/mol. The first kappa shape index (κ1) is 14.2. The number of hydrogen-bond donors (Lipinski definition) is 0. The Bertz CT molecular complexity index is 647. The molecule has 21 heavy (non-hydrogen) atoms. The molecule has 1 saturated heterocycles. The Hall–Kier alpha value is -1.75. The van der Waals surface area contributed by atoms with Crippen LogP contribution in [0.5, 0.6) is 0 Å². The zero-order valence-electron chi connectivity index (χ0n) is 11.9. The second-order valence-corrected chi connectivity index (χ2v) is 6.29. The molecule has 1 fully saturated rings. The van der Waals surface area contributed by atoms with E-state index in [4.69, 9.17) is 0 Å². The Labute approximate surface area is 127 Å². The van der Waals surface area contributed by atoms with Crippen molar-refractivity contribution in [1.29, 1.82) is 0 Å². The number of thiazole rings is 1. The molecule has 1 aromatic heterocycles. The van der Waals surface area contributed by atoms with E-state index >= 15 is 0 Å². The van der Waals surface area contributed by atoms with E-state index in [1.807, 2.05) is 11.8 Å². The maximum Gasteiger partial charge on any atom is 0.253 e. The van der Waals surface area contributed by atoms with Crippen molar-refractivity contribution in [2.45, 2.75) is 25.7 Å². The second-order valence-electron chi connectivity index (χ2n) is 5.40. The summed E-state index contributed by atoms with van der Waals surface area (Å²) in [5.74, 6) is -0.00229. The van der Waals surface area contributed by atoms with Gasteiger partial charge in [-0.2, -0.15) is 0 Å². The SMILES string of the molecule is Cc1csc(C2CCN(C(=O)c3cccc(F)c3)CC2)n1. The van der Waals surface area contributed by atoms with Crippen LogP contribution in [0.1, 0.15) is 39.8 Å². The average molecular weight is 304 g/mol. The lowest BCUT2D eigenvalue weighted by molar-refractivity contribution is 0.0712. The van der Waals surface area contributed by atoms with E-state index in [0.717, 1.165) is 18.5 Å². The summed E-state index contributed by atoms with van der Waals surface area (Å²) in [6, 6.07) is 5.90. The van der Waals surface area contributed by atoms with Gasteiger partial charge in [-0.15, -0.1) is 11.3 Å². The minimum atomic E-state index is -0.367. The largest absolute Gasteiger partial charge is 0.339 e. The third-order valence-corrected chi connectivity index (χ3v) is 4.96. The number of benzene rings is 1. The molecule has 0 unspecified atom stereocenters. The predicted octanol–water partition coefficient (Wildman–Crippen LogP) is 3.61. The van der Waals surface area contributed by atoms with E-state index in [-0.39, 0.29) is 11.7 Å². The predicted molar refractivity (Wildman–Crippen MR) is 81.1 cm³/mol. The molecular formula is C16H17FN2OS. The summed E-state index contributed by atoms with van der Waals surface area (Å²) in [6.45, 7) is 3.42. The van der Waals surface area contributed by atoms with Gasteiger partial charge in [0.05, 0.1) is 5.01 Å². The summed E-state index contributed by atoms with van der Waals surface area (Å²) in [7, 11) is 0. The standard InChI is InChI=1S/C16H17FN2OS/c1-11-10-21-15(18-11)12-5-7-19(8-6-12)16(20)13-3-2-4-14(17)9-13/h2-4,9-10,12H,5-8H2,1H3. The molecule has 0 bridgehead atoms. The van der Waals surface area contributed by atoms with Crippen molar-refractivity contribution in [2.24, 2.45) is 0 Å². The first-order valence-electron chi connectivity index (χ1n) is 7.10. The molecule has 0 spiro atoms. The smallest absolute Gasteiger partial charge is 0.253 e. The van der Waals surface area contributed by atoms with Gasteiger partial charge >= 0.3 is 0 Å². The second kappa shape index (κ2) is 5.93. The quantitative estimate of drug-likeness (QED) is 0.849. The van der Waals surface area contributed by atoms with Gasteiger partial charge in [0.2, 0.25) is 0 Å². The summed E-state index contributed by atoms with van der Waals surface area (Å²) in [4.78, 5) is 18.7. The van der Waals surface area contributed by atoms with Crippen LogP contribution in [0, 0.1) is 12.7 Å². The van der Waals surface area contributed by atoms with Crippen LogP contribution in [0.25, 0.3) is 0 Å². The number of halogens is 1. The number of amides is 1. The highest BCUT2D eigenvalue weighted by atomic mass is 32.1. The average Bonchev–Trinajstić information content (AvgIpc) is 2.93. The Morgan fingerprint density at radius 1 is 1.38 bits per heavy atom. The van der Waals surface area contributed by atoms with Gasteiger partial charge in [0.1, 0.15) is 5.82 Å². The van der Waals surface area contributed by atoms with Crippen molar-refractivity contribution in [2.75, 3.05) is 13.1 Å². The fourth-order valence-corrected chi connectivity index (χ4v) is 3.66. The van der Waals surface area contributed by atoms with Crippen molar-refractivity contribution in [1.82, 2.24) is 9.88 Å². The van der Waals surface area contributed by atoms with E-state index in [9.17, 15) is 9.18 Å². The number of hydrogen-bond acceptors (Lipinski definition) is 3. The maximum atomic E-state index is 13.2. The van der Waals surface area contributed by atoms with Gasteiger partial charge in [0, 0.05) is 35.6 Å². The van der Waals surface area contributed by atoms with E-state index in [1.165, 1.54) is 17.1 Å². The lowest BCUT2D eigenvalue weighted by atomic mass is 9.97. The molecule has 0 N–H and O–H groups in total. The highest BCUT2D eigenvalue weighted by Crippen LogP contribution is 2.30. The molecule has 3 rings (SSSR count). The zero-order valence-corrected chi connectivity index (χ0v) is 12.7. The number of carbonyl (C=O) groups is 1. The molecule has 1 aliphatic heterocycles. The molecule has 0 radical (unpaired) electrons. The highest BCUT2D eigenvalue weighted by molar-refractivity contribution is 7.09.